The number of phenols is 1. The molecule has 0 radical (unpaired) electrons. The molecular formula is C32H37OP. The molecule has 0 aliphatic rings. The Kier molecular flexibility index (Phi) is 8.34. The molecule has 0 aromatic heterocycles. The summed E-state index contributed by atoms with van der Waals surface area (Å²) in [6, 6.07) is 24.5. The van der Waals surface area contributed by atoms with Crippen molar-refractivity contribution >= 4 is 23.8 Å². The molecule has 0 saturated carbocycles. The van der Waals surface area contributed by atoms with Crippen LogP contribution in [0.15, 0.2) is 72.8 Å². The number of rotatable bonds is 3. The molecule has 0 spiro atoms. The lowest BCUT2D eigenvalue weighted by molar-refractivity contribution is 0.475. The van der Waals surface area contributed by atoms with Crippen LogP contribution in [0, 0.1) is 55.4 Å². The molecule has 0 saturated heterocycles. The van der Waals surface area contributed by atoms with Crippen LogP contribution >= 0.6 is 7.92 Å². The van der Waals surface area contributed by atoms with Crippen LogP contribution in [-0.2, 0) is 0 Å². The monoisotopic (exact) mass is 468 g/mol. The Morgan fingerprint density at radius 1 is 0.471 bits per heavy atom. The van der Waals surface area contributed by atoms with Gasteiger partial charge >= 0.3 is 0 Å². The van der Waals surface area contributed by atoms with Crippen molar-refractivity contribution in [3.8, 4) is 5.75 Å². The maximum absolute atomic E-state index is 9.88. The molecule has 34 heavy (non-hydrogen) atoms. The van der Waals surface area contributed by atoms with E-state index in [0.29, 0.717) is 5.75 Å². The highest BCUT2D eigenvalue weighted by atomic mass is 31.1. The lowest BCUT2D eigenvalue weighted by Gasteiger charge is -2.29. The quantitative estimate of drug-likeness (QED) is 0.313. The molecule has 0 atom stereocenters. The maximum atomic E-state index is 9.88. The Morgan fingerprint density at radius 3 is 1.06 bits per heavy atom. The summed E-state index contributed by atoms with van der Waals surface area (Å²) in [5.41, 5.74) is 11.0. The van der Waals surface area contributed by atoms with Crippen molar-refractivity contribution in [2.75, 3.05) is 0 Å². The van der Waals surface area contributed by atoms with Gasteiger partial charge in [-0.25, -0.2) is 0 Å². The van der Waals surface area contributed by atoms with Crippen LogP contribution < -0.4 is 15.9 Å². The zero-order valence-corrected chi connectivity index (χ0v) is 22.7. The zero-order chi connectivity index (χ0) is 25.0. The number of aryl methyl sites for hydroxylation is 4. The van der Waals surface area contributed by atoms with E-state index in [-0.39, 0.29) is 0 Å². The Balaban J connectivity index is 0.000000469. The number of benzene rings is 4. The molecule has 1 N–H and O–H groups in total. The highest BCUT2D eigenvalue weighted by Gasteiger charge is 2.26. The summed E-state index contributed by atoms with van der Waals surface area (Å²) in [6.45, 7) is 17.9. The van der Waals surface area contributed by atoms with Crippen molar-refractivity contribution in [1.29, 1.82) is 0 Å². The lowest BCUT2D eigenvalue weighted by Crippen LogP contribution is -2.29. The Bertz CT molecular complexity index is 1130. The fourth-order valence-electron chi connectivity index (χ4n) is 4.42. The second-order valence-electron chi connectivity index (χ2n) is 9.22. The van der Waals surface area contributed by atoms with Crippen LogP contribution in [0.1, 0.15) is 44.5 Å². The first-order valence-electron chi connectivity index (χ1n) is 11.9. The molecular weight excluding hydrogens is 431 g/mol. The predicted octanol–water partition coefficient (Wildman–Crippen LogP) is 7.30. The van der Waals surface area contributed by atoms with Crippen LogP contribution in [0.2, 0.25) is 0 Å². The first-order valence-corrected chi connectivity index (χ1v) is 13.2. The number of aromatic hydroxyl groups is 1. The molecule has 0 aliphatic heterocycles. The fourth-order valence-corrected chi connectivity index (χ4v) is 7.65. The van der Waals surface area contributed by atoms with E-state index < -0.39 is 7.92 Å². The fraction of sp³-hybridized carbons (Fsp3) is 0.250. The Hall–Kier alpha value is -2.89. The van der Waals surface area contributed by atoms with Gasteiger partial charge in [-0.05, 0) is 136 Å². The summed E-state index contributed by atoms with van der Waals surface area (Å²) >= 11 is 0. The summed E-state index contributed by atoms with van der Waals surface area (Å²) in [5.74, 6) is 0.321. The van der Waals surface area contributed by atoms with Crippen molar-refractivity contribution in [2.24, 2.45) is 0 Å². The molecule has 0 aliphatic carbocycles. The summed E-state index contributed by atoms with van der Waals surface area (Å²) in [6.07, 6.45) is 0. The molecule has 1 nitrogen and oxygen atoms in total. The van der Waals surface area contributed by atoms with Gasteiger partial charge in [0.15, 0.2) is 0 Å². The van der Waals surface area contributed by atoms with Gasteiger partial charge in [0.25, 0.3) is 0 Å². The molecule has 4 rings (SSSR count). The van der Waals surface area contributed by atoms with Crippen LogP contribution in [-0.4, -0.2) is 5.11 Å². The minimum Gasteiger partial charge on any atom is -0.508 e. The van der Waals surface area contributed by atoms with Crippen molar-refractivity contribution in [3.05, 3.63) is 117 Å². The van der Waals surface area contributed by atoms with E-state index in [1.54, 1.807) is 0 Å². The maximum Gasteiger partial charge on any atom is 0.115 e. The third-order valence-electron chi connectivity index (χ3n) is 6.87. The Morgan fingerprint density at radius 2 is 0.765 bits per heavy atom. The van der Waals surface area contributed by atoms with E-state index in [1.807, 2.05) is 48.5 Å². The molecule has 0 amide bonds. The molecule has 4 aromatic carbocycles. The number of phenolic OH excluding ortho intramolecular Hbond substituents is 1. The smallest absolute Gasteiger partial charge is 0.115 e. The van der Waals surface area contributed by atoms with Gasteiger partial charge in [0, 0.05) is 0 Å². The van der Waals surface area contributed by atoms with E-state index >= 15 is 0 Å². The summed E-state index contributed by atoms with van der Waals surface area (Å²) in [4.78, 5) is 0. The van der Waals surface area contributed by atoms with Gasteiger partial charge in [-0.1, -0.05) is 60.7 Å². The average Bonchev–Trinajstić information content (AvgIpc) is 2.83. The standard InChI is InChI=1S/C26H31OP.C6H6/c1-15-13-16(2)20(6)25(19(15)5)28(24-11-9-23(27)10-12-24)26-21(7)17(3)14-18(4)22(26)8;1-2-4-6-5-3-1/h9-14,27H,1-8H3;1-6H. The van der Waals surface area contributed by atoms with Gasteiger partial charge in [-0.3, -0.25) is 0 Å². The minimum atomic E-state index is -0.718. The topological polar surface area (TPSA) is 20.2 Å². The van der Waals surface area contributed by atoms with Gasteiger partial charge < -0.3 is 5.11 Å². The van der Waals surface area contributed by atoms with Gasteiger partial charge in [0.1, 0.15) is 5.75 Å². The zero-order valence-electron chi connectivity index (χ0n) is 21.8. The number of hydrogen-bond acceptors (Lipinski definition) is 1. The molecule has 0 unspecified atom stereocenters. The van der Waals surface area contributed by atoms with Crippen LogP contribution in [0.3, 0.4) is 0 Å². The first kappa shape index (κ1) is 25.7. The summed E-state index contributed by atoms with van der Waals surface area (Å²) < 4.78 is 0. The Labute approximate surface area is 207 Å². The normalized spacial score (nSPS) is 10.7. The van der Waals surface area contributed by atoms with Crippen molar-refractivity contribution in [3.63, 3.8) is 0 Å². The SMILES string of the molecule is Cc1cc(C)c(C)c(P(c2ccc(O)cc2)c2c(C)c(C)cc(C)c2C)c1C.c1ccccc1. The lowest BCUT2D eigenvalue weighted by atomic mass is 10.0. The minimum absolute atomic E-state index is 0.321. The predicted molar refractivity (Wildman–Crippen MR) is 151 cm³/mol. The second-order valence-corrected chi connectivity index (χ2v) is 11.3. The van der Waals surface area contributed by atoms with Crippen LogP contribution in [0.5, 0.6) is 5.75 Å². The molecule has 2 heteroatoms. The number of hydrogen-bond donors (Lipinski definition) is 1. The molecule has 176 valence electrons. The van der Waals surface area contributed by atoms with Crippen molar-refractivity contribution < 1.29 is 5.11 Å². The van der Waals surface area contributed by atoms with Gasteiger partial charge in [-0.2, -0.15) is 0 Å². The summed E-state index contributed by atoms with van der Waals surface area (Å²) in [7, 11) is -0.718. The first-order chi connectivity index (χ1) is 16.1. The summed E-state index contributed by atoms with van der Waals surface area (Å²) in [5, 5.41) is 14.1. The van der Waals surface area contributed by atoms with E-state index in [4.69, 9.17) is 0 Å². The second kappa shape index (κ2) is 11.0. The molecule has 0 fully saturated rings. The molecule has 0 heterocycles. The van der Waals surface area contributed by atoms with E-state index in [9.17, 15) is 5.11 Å². The van der Waals surface area contributed by atoms with E-state index in [1.165, 1.54) is 60.4 Å². The largest absolute Gasteiger partial charge is 0.508 e. The van der Waals surface area contributed by atoms with Gasteiger partial charge in [0.05, 0.1) is 0 Å². The molecule has 4 aromatic rings. The van der Waals surface area contributed by atoms with E-state index in [0.717, 1.165) is 0 Å². The van der Waals surface area contributed by atoms with E-state index in [2.05, 4.69) is 79.7 Å². The third kappa shape index (κ3) is 5.43. The van der Waals surface area contributed by atoms with Gasteiger partial charge in [-0.15, -0.1) is 0 Å². The highest BCUT2D eigenvalue weighted by Crippen LogP contribution is 2.40. The highest BCUT2D eigenvalue weighted by molar-refractivity contribution is 7.80. The third-order valence-corrected chi connectivity index (χ3v) is 9.93. The average molecular weight is 469 g/mol. The van der Waals surface area contributed by atoms with Crippen molar-refractivity contribution in [1.82, 2.24) is 0 Å². The van der Waals surface area contributed by atoms with Crippen molar-refractivity contribution in [2.45, 2.75) is 55.4 Å². The van der Waals surface area contributed by atoms with Crippen LogP contribution in [0.4, 0.5) is 0 Å². The van der Waals surface area contributed by atoms with Crippen LogP contribution in [0.25, 0.3) is 0 Å². The molecule has 0 bridgehead atoms. The van der Waals surface area contributed by atoms with Gasteiger partial charge in [0.2, 0.25) is 0 Å².